The van der Waals surface area contributed by atoms with Crippen molar-refractivity contribution in [1.82, 2.24) is 4.98 Å². The minimum Gasteiger partial charge on any atom is -0.369 e. The molecule has 0 radical (unpaired) electrons. The summed E-state index contributed by atoms with van der Waals surface area (Å²) in [5.41, 5.74) is 1.47. The molecule has 15 heavy (non-hydrogen) atoms. The maximum Gasteiger partial charge on any atom is 0.144 e. The van der Waals surface area contributed by atoms with E-state index in [1.54, 1.807) is 6.07 Å². The van der Waals surface area contributed by atoms with E-state index in [1.807, 2.05) is 13.0 Å². The van der Waals surface area contributed by atoms with Gasteiger partial charge in [-0.15, -0.1) is 12.3 Å². The number of terminal acetylenes is 1. The van der Waals surface area contributed by atoms with E-state index in [4.69, 9.17) is 11.7 Å². The monoisotopic (exact) mass is 199 g/mol. The largest absolute Gasteiger partial charge is 0.369 e. The zero-order chi connectivity index (χ0) is 11.1. The maximum atomic E-state index is 8.85. The molecule has 0 fully saturated rings. The lowest BCUT2D eigenvalue weighted by Gasteiger charge is -2.06. The van der Waals surface area contributed by atoms with E-state index in [0.717, 1.165) is 25.1 Å². The number of hydrogen-bond donors (Lipinski definition) is 1. The van der Waals surface area contributed by atoms with Crippen LogP contribution in [-0.2, 0) is 0 Å². The number of aryl methyl sites for hydroxylation is 1. The first-order valence-electron chi connectivity index (χ1n) is 4.83. The summed E-state index contributed by atoms with van der Waals surface area (Å²) < 4.78 is 0. The summed E-state index contributed by atoms with van der Waals surface area (Å²) in [5, 5.41) is 12.0. The third-order valence-corrected chi connectivity index (χ3v) is 1.95. The van der Waals surface area contributed by atoms with Gasteiger partial charge in [0.15, 0.2) is 0 Å². The molecule has 1 rings (SSSR count). The highest BCUT2D eigenvalue weighted by atomic mass is 15.0. The second kappa shape index (κ2) is 5.67. The first-order chi connectivity index (χ1) is 7.27. The lowest BCUT2D eigenvalue weighted by Crippen LogP contribution is -2.05. The summed E-state index contributed by atoms with van der Waals surface area (Å²) in [7, 11) is 0. The molecule has 0 aliphatic heterocycles. The van der Waals surface area contributed by atoms with Crippen molar-refractivity contribution in [3.63, 3.8) is 0 Å². The van der Waals surface area contributed by atoms with Crippen molar-refractivity contribution in [2.45, 2.75) is 19.8 Å². The summed E-state index contributed by atoms with van der Waals surface area (Å²) >= 11 is 0. The van der Waals surface area contributed by atoms with Gasteiger partial charge in [0.25, 0.3) is 0 Å². The number of rotatable bonds is 4. The van der Waals surface area contributed by atoms with Crippen LogP contribution in [0.15, 0.2) is 12.1 Å². The predicted molar refractivity (Wildman–Crippen MR) is 60.2 cm³/mol. The topological polar surface area (TPSA) is 48.7 Å². The average molecular weight is 199 g/mol. The van der Waals surface area contributed by atoms with Crippen LogP contribution in [0.5, 0.6) is 0 Å². The fourth-order valence-electron chi connectivity index (χ4n) is 1.18. The third-order valence-electron chi connectivity index (χ3n) is 1.95. The van der Waals surface area contributed by atoms with E-state index in [0.29, 0.717) is 11.4 Å². The molecule has 0 bridgehead atoms. The van der Waals surface area contributed by atoms with Gasteiger partial charge in [-0.05, 0) is 25.5 Å². The molecule has 0 aliphatic carbocycles. The van der Waals surface area contributed by atoms with E-state index in [9.17, 15) is 0 Å². The van der Waals surface area contributed by atoms with Gasteiger partial charge >= 0.3 is 0 Å². The van der Waals surface area contributed by atoms with Gasteiger partial charge in [-0.2, -0.15) is 5.26 Å². The molecule has 76 valence electrons. The van der Waals surface area contributed by atoms with E-state index in [1.165, 1.54) is 0 Å². The van der Waals surface area contributed by atoms with Gasteiger partial charge in [0.05, 0.1) is 5.56 Å². The molecular formula is C12H13N3. The fourth-order valence-corrected chi connectivity index (χ4v) is 1.18. The van der Waals surface area contributed by atoms with Crippen LogP contribution in [0.4, 0.5) is 5.82 Å². The summed E-state index contributed by atoms with van der Waals surface area (Å²) in [6.07, 6.45) is 6.77. The van der Waals surface area contributed by atoms with Crippen molar-refractivity contribution < 1.29 is 0 Å². The Labute approximate surface area is 90.1 Å². The Kier molecular flexibility index (Phi) is 4.19. The SMILES string of the molecule is C#CCCCNc1nc(C)ccc1C#N. The van der Waals surface area contributed by atoms with Crippen molar-refractivity contribution in [2.75, 3.05) is 11.9 Å². The molecule has 1 aromatic rings. The molecule has 3 nitrogen and oxygen atoms in total. The van der Waals surface area contributed by atoms with Gasteiger partial charge in [-0.25, -0.2) is 4.98 Å². The summed E-state index contributed by atoms with van der Waals surface area (Å²) in [4.78, 5) is 4.26. The highest BCUT2D eigenvalue weighted by Gasteiger charge is 2.02. The number of pyridine rings is 1. The minimum atomic E-state index is 0.571. The van der Waals surface area contributed by atoms with Crippen molar-refractivity contribution in [2.24, 2.45) is 0 Å². The van der Waals surface area contributed by atoms with Gasteiger partial charge < -0.3 is 5.32 Å². The zero-order valence-corrected chi connectivity index (χ0v) is 8.75. The van der Waals surface area contributed by atoms with E-state index in [2.05, 4.69) is 22.3 Å². The Hall–Kier alpha value is -2.00. The smallest absolute Gasteiger partial charge is 0.144 e. The molecule has 0 spiro atoms. The Bertz CT molecular complexity index is 410. The summed E-state index contributed by atoms with van der Waals surface area (Å²) in [6.45, 7) is 2.64. The minimum absolute atomic E-state index is 0.571. The van der Waals surface area contributed by atoms with Crippen LogP contribution in [0.3, 0.4) is 0 Å². The predicted octanol–water partition coefficient (Wildman–Crippen LogP) is 2.09. The van der Waals surface area contributed by atoms with E-state index >= 15 is 0 Å². The van der Waals surface area contributed by atoms with Crippen LogP contribution in [0.2, 0.25) is 0 Å². The fraction of sp³-hybridized carbons (Fsp3) is 0.333. The third kappa shape index (κ3) is 3.32. The van der Waals surface area contributed by atoms with Gasteiger partial charge in [0, 0.05) is 18.7 Å². The quantitative estimate of drug-likeness (QED) is 0.596. The first kappa shape index (κ1) is 11.1. The van der Waals surface area contributed by atoms with Gasteiger partial charge in [-0.1, -0.05) is 0 Å². The van der Waals surface area contributed by atoms with Crippen LogP contribution in [0.1, 0.15) is 24.1 Å². The molecule has 1 N–H and O–H groups in total. The number of nitrogens with zero attached hydrogens (tertiary/aromatic N) is 2. The van der Waals surface area contributed by atoms with Gasteiger partial charge in [0.2, 0.25) is 0 Å². The summed E-state index contributed by atoms with van der Waals surface area (Å²) in [5.74, 6) is 3.22. The van der Waals surface area contributed by atoms with Crippen molar-refractivity contribution in [3.05, 3.63) is 23.4 Å². The molecule has 0 atom stereocenters. The number of anilines is 1. The number of nitriles is 1. The first-order valence-corrected chi connectivity index (χ1v) is 4.83. The summed E-state index contributed by atoms with van der Waals surface area (Å²) in [6, 6.07) is 5.69. The highest BCUT2D eigenvalue weighted by Crippen LogP contribution is 2.11. The van der Waals surface area contributed by atoms with Crippen LogP contribution < -0.4 is 5.32 Å². The molecule has 0 amide bonds. The average Bonchev–Trinajstić information content (AvgIpc) is 2.25. The Balaban J connectivity index is 2.64. The molecule has 0 aromatic carbocycles. The normalized spacial score (nSPS) is 9.00. The van der Waals surface area contributed by atoms with E-state index < -0.39 is 0 Å². The Morgan fingerprint density at radius 3 is 3.00 bits per heavy atom. The van der Waals surface area contributed by atoms with Crippen LogP contribution in [0.25, 0.3) is 0 Å². The number of hydrogen-bond acceptors (Lipinski definition) is 3. The molecule has 3 heteroatoms. The van der Waals surface area contributed by atoms with Crippen LogP contribution in [0, 0.1) is 30.6 Å². The standard InChI is InChI=1S/C12H13N3/c1-3-4-5-8-14-12-11(9-13)7-6-10(2)15-12/h1,6-7H,4-5,8H2,2H3,(H,14,15). The Morgan fingerprint density at radius 1 is 1.53 bits per heavy atom. The van der Waals surface area contributed by atoms with Crippen molar-refractivity contribution in [3.8, 4) is 18.4 Å². The van der Waals surface area contributed by atoms with Gasteiger partial charge in [0.1, 0.15) is 11.9 Å². The lowest BCUT2D eigenvalue weighted by molar-refractivity contribution is 0.899. The lowest BCUT2D eigenvalue weighted by atomic mass is 10.2. The maximum absolute atomic E-state index is 8.85. The molecule has 1 heterocycles. The van der Waals surface area contributed by atoms with Crippen molar-refractivity contribution in [1.29, 1.82) is 5.26 Å². The number of nitrogens with one attached hydrogen (secondary N) is 1. The Morgan fingerprint density at radius 2 is 2.33 bits per heavy atom. The molecule has 0 saturated heterocycles. The van der Waals surface area contributed by atoms with Gasteiger partial charge in [-0.3, -0.25) is 0 Å². The van der Waals surface area contributed by atoms with Crippen molar-refractivity contribution >= 4 is 5.82 Å². The molecule has 0 aliphatic rings. The molecule has 0 unspecified atom stereocenters. The zero-order valence-electron chi connectivity index (χ0n) is 8.75. The van der Waals surface area contributed by atoms with Crippen LogP contribution in [-0.4, -0.2) is 11.5 Å². The molecule has 0 saturated carbocycles. The van der Waals surface area contributed by atoms with Crippen LogP contribution >= 0.6 is 0 Å². The number of unbranched alkanes of at least 4 members (excludes halogenated alkanes) is 1. The second-order valence-electron chi connectivity index (χ2n) is 3.20. The number of aromatic nitrogens is 1. The molecule has 1 aromatic heterocycles. The van der Waals surface area contributed by atoms with E-state index in [-0.39, 0.29) is 0 Å². The second-order valence-corrected chi connectivity index (χ2v) is 3.20. The molecular weight excluding hydrogens is 186 g/mol. The highest BCUT2D eigenvalue weighted by molar-refractivity contribution is 5.52.